The van der Waals surface area contributed by atoms with Crippen LogP contribution in [-0.2, 0) is 15.7 Å². The fourth-order valence-electron chi connectivity index (χ4n) is 2.77. The summed E-state index contributed by atoms with van der Waals surface area (Å²) >= 11 is 1.19. The molecule has 0 aliphatic heterocycles. The number of carbonyl (C=O) groups is 1. The topological polar surface area (TPSA) is 95.1 Å². The third kappa shape index (κ3) is 5.66. The first-order valence-corrected chi connectivity index (χ1v) is 11.0. The van der Waals surface area contributed by atoms with E-state index in [-0.39, 0.29) is 22.6 Å². The second-order valence-electron chi connectivity index (χ2n) is 9.19. The molecule has 0 aliphatic rings. The molecule has 8 nitrogen and oxygen atoms in total. The predicted octanol–water partition coefficient (Wildman–Crippen LogP) is 4.73. The third-order valence-electron chi connectivity index (χ3n) is 4.45. The van der Waals surface area contributed by atoms with E-state index in [1.54, 1.807) is 7.11 Å². The van der Waals surface area contributed by atoms with Crippen LogP contribution in [0.5, 0.6) is 5.75 Å². The first-order chi connectivity index (χ1) is 14.5. The summed E-state index contributed by atoms with van der Waals surface area (Å²) in [6, 6.07) is 9.26. The van der Waals surface area contributed by atoms with E-state index in [1.807, 2.05) is 35.0 Å². The molecule has 3 aromatic rings. The molecule has 0 aliphatic carbocycles. The molecule has 3 rings (SSSR count). The molecule has 0 saturated carbocycles. The van der Waals surface area contributed by atoms with E-state index in [0.29, 0.717) is 16.9 Å². The highest BCUT2D eigenvalue weighted by Gasteiger charge is 2.26. The minimum Gasteiger partial charge on any atom is -0.497 e. The number of ether oxygens (including phenoxy) is 1. The van der Waals surface area contributed by atoms with Crippen molar-refractivity contribution in [3.8, 4) is 17.2 Å². The Morgan fingerprint density at radius 2 is 1.81 bits per heavy atom. The van der Waals surface area contributed by atoms with E-state index in [9.17, 15) is 4.79 Å². The summed E-state index contributed by atoms with van der Waals surface area (Å²) < 4.78 is 12.7. The van der Waals surface area contributed by atoms with Gasteiger partial charge < -0.3 is 14.5 Å². The lowest BCUT2D eigenvalue weighted by atomic mass is 9.92. The number of nitrogens with one attached hydrogen (secondary N) is 1. The molecule has 2 heterocycles. The van der Waals surface area contributed by atoms with Gasteiger partial charge in [-0.3, -0.25) is 4.79 Å². The lowest BCUT2D eigenvalue weighted by molar-refractivity contribution is -0.113. The molecule has 1 amide bonds. The second-order valence-corrected chi connectivity index (χ2v) is 10.1. The third-order valence-corrected chi connectivity index (χ3v) is 5.27. The Hall–Kier alpha value is -2.81. The smallest absolute Gasteiger partial charge is 0.277 e. The fraction of sp³-hybridized carbons (Fsp3) is 0.455. The van der Waals surface area contributed by atoms with Crippen molar-refractivity contribution in [1.29, 1.82) is 0 Å². The molecule has 0 fully saturated rings. The minimum atomic E-state index is -0.265. The first kappa shape index (κ1) is 22.9. The number of hydrogen-bond donors (Lipinski definition) is 1. The van der Waals surface area contributed by atoms with Crippen LogP contribution in [0.2, 0.25) is 0 Å². The number of benzene rings is 1. The highest BCUT2D eigenvalue weighted by atomic mass is 32.2. The number of rotatable bonds is 6. The van der Waals surface area contributed by atoms with Crippen molar-refractivity contribution in [1.82, 2.24) is 20.0 Å². The van der Waals surface area contributed by atoms with Crippen molar-refractivity contribution in [2.24, 2.45) is 0 Å². The molecule has 166 valence electrons. The summed E-state index contributed by atoms with van der Waals surface area (Å²) in [6.45, 7) is 12.4. The van der Waals surface area contributed by atoms with Crippen molar-refractivity contribution in [2.45, 2.75) is 57.7 Å². The molecule has 0 atom stereocenters. The van der Waals surface area contributed by atoms with Crippen LogP contribution in [0.25, 0.3) is 11.5 Å². The molecule has 9 heteroatoms. The minimum absolute atomic E-state index is 0.119. The van der Waals surface area contributed by atoms with Crippen LogP contribution in [0.15, 0.2) is 40.0 Å². The molecule has 0 bridgehead atoms. The Kier molecular flexibility index (Phi) is 6.45. The number of nitrogens with zero attached hydrogens (tertiary/aromatic N) is 4. The zero-order valence-electron chi connectivity index (χ0n) is 19.0. The Morgan fingerprint density at radius 3 is 2.39 bits per heavy atom. The number of carbonyl (C=O) groups excluding carboxylic acids is 1. The predicted molar refractivity (Wildman–Crippen MR) is 122 cm³/mol. The molecule has 1 aromatic carbocycles. The summed E-state index contributed by atoms with van der Waals surface area (Å²) in [7, 11) is 1.61. The average Bonchev–Trinajstić information content (AvgIpc) is 3.33. The van der Waals surface area contributed by atoms with Gasteiger partial charge in [-0.15, -0.1) is 10.2 Å². The van der Waals surface area contributed by atoms with Crippen LogP contribution in [0.3, 0.4) is 0 Å². The highest BCUT2D eigenvalue weighted by Crippen LogP contribution is 2.29. The number of hydrogen-bond acceptors (Lipinski definition) is 7. The van der Waals surface area contributed by atoms with E-state index in [0.717, 1.165) is 17.0 Å². The van der Waals surface area contributed by atoms with Gasteiger partial charge in [0.05, 0.1) is 24.1 Å². The molecule has 0 radical (unpaired) electrons. The number of methoxy groups -OCH3 is 1. The van der Waals surface area contributed by atoms with Crippen LogP contribution in [-0.4, -0.2) is 38.7 Å². The van der Waals surface area contributed by atoms with Crippen LogP contribution >= 0.6 is 11.8 Å². The van der Waals surface area contributed by atoms with Gasteiger partial charge >= 0.3 is 0 Å². The monoisotopic (exact) mass is 443 g/mol. The van der Waals surface area contributed by atoms with Crippen molar-refractivity contribution in [3.05, 3.63) is 36.0 Å². The van der Waals surface area contributed by atoms with Gasteiger partial charge in [0, 0.05) is 17.0 Å². The van der Waals surface area contributed by atoms with Crippen LogP contribution in [0.1, 0.15) is 47.2 Å². The maximum Gasteiger partial charge on any atom is 0.277 e. The molecule has 2 aromatic heterocycles. The number of amides is 1. The summed E-state index contributed by atoms with van der Waals surface area (Å²) in [5.41, 5.74) is 1.32. The summed E-state index contributed by atoms with van der Waals surface area (Å²) in [5, 5.41) is 16.1. The Labute approximate surface area is 186 Å². The number of anilines is 1. The second kappa shape index (κ2) is 8.74. The zero-order valence-corrected chi connectivity index (χ0v) is 19.8. The SMILES string of the molecule is COc1ccc(-c2nnc(SCC(=O)Nc3cc(C(C)(C)C)nn3C(C)(C)C)o2)cc1. The lowest BCUT2D eigenvalue weighted by Crippen LogP contribution is -2.27. The van der Waals surface area contributed by atoms with Crippen LogP contribution < -0.4 is 10.1 Å². The molecule has 0 unspecified atom stereocenters. The van der Waals surface area contributed by atoms with Gasteiger partial charge in [0.2, 0.25) is 11.8 Å². The van der Waals surface area contributed by atoms with Gasteiger partial charge in [0.1, 0.15) is 11.6 Å². The van der Waals surface area contributed by atoms with Crippen LogP contribution in [0.4, 0.5) is 5.82 Å². The van der Waals surface area contributed by atoms with E-state index < -0.39 is 0 Å². The van der Waals surface area contributed by atoms with Crippen molar-refractivity contribution >= 4 is 23.5 Å². The molecule has 0 spiro atoms. The number of thioether (sulfide) groups is 1. The first-order valence-electron chi connectivity index (χ1n) is 9.99. The standard InChI is InChI=1S/C22H29N5O3S/c1-21(2,3)16-12-17(27(26-16)22(4,5)6)23-18(28)13-31-20-25-24-19(30-20)14-8-10-15(29-7)11-9-14/h8-12H,13H2,1-7H3,(H,23,28). The normalized spacial score (nSPS) is 12.1. The van der Waals surface area contributed by atoms with Gasteiger partial charge in [-0.1, -0.05) is 32.5 Å². The van der Waals surface area contributed by atoms with Gasteiger partial charge in [-0.05, 0) is 45.0 Å². The van der Waals surface area contributed by atoms with E-state index in [1.165, 1.54) is 11.8 Å². The van der Waals surface area contributed by atoms with E-state index in [2.05, 4.69) is 57.1 Å². The van der Waals surface area contributed by atoms with Crippen LogP contribution in [0, 0.1) is 0 Å². The molecule has 1 N–H and O–H groups in total. The largest absolute Gasteiger partial charge is 0.497 e. The molecular weight excluding hydrogens is 414 g/mol. The maximum absolute atomic E-state index is 12.6. The maximum atomic E-state index is 12.6. The van der Waals surface area contributed by atoms with Crippen molar-refractivity contribution in [3.63, 3.8) is 0 Å². The molecule has 31 heavy (non-hydrogen) atoms. The Morgan fingerprint density at radius 1 is 1.13 bits per heavy atom. The van der Waals surface area contributed by atoms with E-state index >= 15 is 0 Å². The van der Waals surface area contributed by atoms with Gasteiger partial charge in [0.15, 0.2) is 0 Å². The summed E-state index contributed by atoms with van der Waals surface area (Å²) in [6.07, 6.45) is 0. The average molecular weight is 444 g/mol. The van der Waals surface area contributed by atoms with Gasteiger partial charge in [0.25, 0.3) is 5.22 Å². The van der Waals surface area contributed by atoms with Crippen molar-refractivity contribution in [2.75, 3.05) is 18.2 Å². The lowest BCUT2D eigenvalue weighted by Gasteiger charge is -2.23. The zero-order chi connectivity index (χ0) is 22.8. The Bertz CT molecular complexity index is 1040. The Balaban J connectivity index is 1.66. The fourth-order valence-corrected chi connectivity index (χ4v) is 3.34. The molecular formula is C22H29N5O3S. The quantitative estimate of drug-likeness (QED) is 0.551. The molecule has 0 saturated heterocycles. The van der Waals surface area contributed by atoms with Crippen molar-refractivity contribution < 1.29 is 13.9 Å². The number of aromatic nitrogens is 4. The van der Waals surface area contributed by atoms with Gasteiger partial charge in [-0.2, -0.15) is 5.10 Å². The summed E-state index contributed by atoms with van der Waals surface area (Å²) in [5.74, 6) is 1.79. The van der Waals surface area contributed by atoms with E-state index in [4.69, 9.17) is 14.3 Å². The highest BCUT2D eigenvalue weighted by molar-refractivity contribution is 7.99. The summed E-state index contributed by atoms with van der Waals surface area (Å²) in [4.78, 5) is 12.6. The van der Waals surface area contributed by atoms with Gasteiger partial charge in [-0.25, -0.2) is 4.68 Å².